The van der Waals surface area contributed by atoms with E-state index in [1.165, 1.54) is 5.56 Å². The van der Waals surface area contributed by atoms with Crippen molar-refractivity contribution < 1.29 is 14.3 Å². The number of benzene rings is 1. The molecule has 3 rings (SSSR count). The average molecular weight is 433 g/mol. The van der Waals surface area contributed by atoms with Crippen molar-refractivity contribution >= 4 is 33.4 Å². The van der Waals surface area contributed by atoms with Gasteiger partial charge in [-0.2, -0.15) is 0 Å². The van der Waals surface area contributed by atoms with E-state index >= 15 is 0 Å². The quantitative estimate of drug-likeness (QED) is 0.594. The zero-order chi connectivity index (χ0) is 21.7. The molecular formula is C22H32N4O3S. The number of thiazole rings is 1. The van der Waals surface area contributed by atoms with E-state index in [-0.39, 0.29) is 17.9 Å². The molecule has 1 aliphatic heterocycles. The molecule has 30 heavy (non-hydrogen) atoms. The summed E-state index contributed by atoms with van der Waals surface area (Å²) in [5.41, 5.74) is 7.61. The van der Waals surface area contributed by atoms with Gasteiger partial charge in [0.1, 0.15) is 0 Å². The third-order valence-corrected chi connectivity index (χ3v) is 6.62. The Labute approximate surface area is 181 Å². The first kappa shape index (κ1) is 22.7. The molecule has 4 N–H and O–H groups in total. The average Bonchev–Trinajstić information content (AvgIpc) is 3.13. The van der Waals surface area contributed by atoms with E-state index in [4.69, 9.17) is 15.5 Å². The Hall–Kier alpha value is -2.03. The minimum absolute atomic E-state index is 0.0500. The van der Waals surface area contributed by atoms with Crippen LogP contribution in [0.3, 0.4) is 0 Å². The van der Waals surface area contributed by atoms with Crippen molar-refractivity contribution in [1.29, 1.82) is 0 Å². The first-order valence-electron chi connectivity index (χ1n) is 10.6. The van der Waals surface area contributed by atoms with Gasteiger partial charge in [-0.3, -0.25) is 9.59 Å². The third kappa shape index (κ3) is 5.56. The summed E-state index contributed by atoms with van der Waals surface area (Å²) >= 11 is 1.64. The Morgan fingerprint density at radius 1 is 1.30 bits per heavy atom. The zero-order valence-electron chi connectivity index (χ0n) is 18.0. The smallest absolute Gasteiger partial charge is 0.240 e. The number of nitrogens with two attached hydrogens (primary N) is 1. The monoisotopic (exact) mass is 432 g/mol. The summed E-state index contributed by atoms with van der Waals surface area (Å²) < 4.78 is 6.46. The lowest BCUT2D eigenvalue weighted by Crippen LogP contribution is -2.58. The second kappa shape index (κ2) is 9.85. The van der Waals surface area contributed by atoms with Gasteiger partial charge in [0.2, 0.25) is 11.8 Å². The van der Waals surface area contributed by atoms with Gasteiger partial charge in [-0.15, -0.1) is 11.3 Å². The van der Waals surface area contributed by atoms with Gasteiger partial charge in [0.25, 0.3) is 0 Å². The SMILES string of the molecule is CCC(=O)N[C@H](CNC(=O)C1(N)CCOCC1)Cc1nc2ccc(C(C)C)cc2s1. The van der Waals surface area contributed by atoms with Crippen molar-refractivity contribution in [3.05, 3.63) is 28.8 Å². The summed E-state index contributed by atoms with van der Waals surface area (Å²) in [6, 6.07) is 6.11. The number of hydrogen-bond acceptors (Lipinski definition) is 6. The van der Waals surface area contributed by atoms with Crippen LogP contribution < -0.4 is 16.4 Å². The Morgan fingerprint density at radius 2 is 2.03 bits per heavy atom. The lowest BCUT2D eigenvalue weighted by Gasteiger charge is -2.32. The summed E-state index contributed by atoms with van der Waals surface area (Å²) in [6.07, 6.45) is 1.95. The number of nitrogens with zero attached hydrogens (tertiary/aromatic N) is 1. The van der Waals surface area contributed by atoms with Gasteiger partial charge in [-0.25, -0.2) is 4.98 Å². The van der Waals surface area contributed by atoms with E-state index in [1.54, 1.807) is 11.3 Å². The topological polar surface area (TPSA) is 106 Å². The Balaban J connectivity index is 1.69. The molecule has 1 fully saturated rings. The first-order valence-corrected chi connectivity index (χ1v) is 11.5. The van der Waals surface area contributed by atoms with Crippen molar-refractivity contribution in [2.75, 3.05) is 19.8 Å². The molecule has 2 aromatic rings. The Bertz CT molecular complexity index is 890. The number of amides is 2. The van der Waals surface area contributed by atoms with Crippen molar-refractivity contribution in [3.8, 4) is 0 Å². The Morgan fingerprint density at radius 3 is 2.70 bits per heavy atom. The van der Waals surface area contributed by atoms with Gasteiger partial charge in [0.05, 0.1) is 26.8 Å². The summed E-state index contributed by atoms with van der Waals surface area (Å²) in [7, 11) is 0. The van der Waals surface area contributed by atoms with E-state index < -0.39 is 5.54 Å². The van der Waals surface area contributed by atoms with E-state index in [1.807, 2.05) is 6.92 Å². The molecule has 2 heterocycles. The molecule has 1 atom stereocenters. The molecule has 0 bridgehead atoms. The van der Waals surface area contributed by atoms with Crippen LogP contribution >= 0.6 is 11.3 Å². The number of hydrogen-bond donors (Lipinski definition) is 3. The van der Waals surface area contributed by atoms with Gasteiger partial charge in [0.15, 0.2) is 0 Å². The third-order valence-electron chi connectivity index (χ3n) is 5.58. The molecule has 0 saturated carbocycles. The summed E-state index contributed by atoms with van der Waals surface area (Å²) in [5, 5.41) is 6.89. The van der Waals surface area contributed by atoms with Crippen molar-refractivity contribution in [1.82, 2.24) is 15.6 Å². The number of carbonyl (C=O) groups is 2. The van der Waals surface area contributed by atoms with Gasteiger partial charge < -0.3 is 21.1 Å². The number of rotatable bonds is 8. The number of nitrogens with one attached hydrogen (secondary N) is 2. The molecule has 1 aromatic carbocycles. The lowest BCUT2D eigenvalue weighted by atomic mass is 9.90. The van der Waals surface area contributed by atoms with Crippen LogP contribution in [-0.2, 0) is 20.7 Å². The fourth-order valence-electron chi connectivity index (χ4n) is 3.50. The Kier molecular flexibility index (Phi) is 7.44. The molecule has 0 radical (unpaired) electrons. The van der Waals surface area contributed by atoms with Crippen molar-refractivity contribution in [2.45, 2.75) is 64.0 Å². The highest BCUT2D eigenvalue weighted by Gasteiger charge is 2.36. The van der Waals surface area contributed by atoms with Crippen LogP contribution in [0, 0.1) is 0 Å². The fraction of sp³-hybridized carbons (Fsp3) is 0.591. The van der Waals surface area contributed by atoms with Crippen molar-refractivity contribution in [2.24, 2.45) is 5.73 Å². The van der Waals surface area contributed by atoms with Crippen LogP contribution in [0.15, 0.2) is 18.2 Å². The summed E-state index contributed by atoms with van der Waals surface area (Å²) in [4.78, 5) is 29.4. The minimum atomic E-state index is -0.902. The van der Waals surface area contributed by atoms with Crippen LogP contribution in [0.5, 0.6) is 0 Å². The summed E-state index contributed by atoms with van der Waals surface area (Å²) in [6.45, 7) is 7.45. The van der Waals surface area contributed by atoms with Gasteiger partial charge in [0, 0.05) is 32.6 Å². The molecular weight excluding hydrogens is 400 g/mol. The van der Waals surface area contributed by atoms with Crippen LogP contribution in [0.1, 0.15) is 56.5 Å². The van der Waals surface area contributed by atoms with E-state index in [0.717, 1.165) is 15.2 Å². The molecule has 164 valence electrons. The number of fused-ring (bicyclic) bond motifs is 1. The second-order valence-electron chi connectivity index (χ2n) is 8.29. The maximum absolute atomic E-state index is 12.7. The van der Waals surface area contributed by atoms with E-state index in [0.29, 0.717) is 51.4 Å². The predicted molar refractivity (Wildman–Crippen MR) is 120 cm³/mol. The molecule has 1 aromatic heterocycles. The van der Waals surface area contributed by atoms with E-state index in [2.05, 4.69) is 42.7 Å². The number of carbonyl (C=O) groups excluding carboxylic acids is 2. The van der Waals surface area contributed by atoms with E-state index in [9.17, 15) is 9.59 Å². The van der Waals surface area contributed by atoms with Gasteiger partial charge in [-0.1, -0.05) is 26.8 Å². The minimum Gasteiger partial charge on any atom is -0.381 e. The highest BCUT2D eigenvalue weighted by Crippen LogP contribution is 2.27. The van der Waals surface area contributed by atoms with Gasteiger partial charge >= 0.3 is 0 Å². The fourth-order valence-corrected chi connectivity index (χ4v) is 4.60. The molecule has 1 aliphatic rings. The number of aromatic nitrogens is 1. The van der Waals surface area contributed by atoms with Crippen LogP contribution in [0.2, 0.25) is 0 Å². The number of ether oxygens (including phenoxy) is 1. The van der Waals surface area contributed by atoms with Crippen molar-refractivity contribution in [3.63, 3.8) is 0 Å². The molecule has 0 unspecified atom stereocenters. The maximum Gasteiger partial charge on any atom is 0.240 e. The predicted octanol–water partition coefficient (Wildman–Crippen LogP) is 2.48. The molecule has 0 spiro atoms. The van der Waals surface area contributed by atoms with Gasteiger partial charge in [-0.05, 0) is 36.5 Å². The molecule has 0 aliphatic carbocycles. The molecule has 7 nitrogen and oxygen atoms in total. The van der Waals surface area contributed by atoms with Crippen LogP contribution in [0.25, 0.3) is 10.2 Å². The zero-order valence-corrected chi connectivity index (χ0v) is 18.8. The molecule has 8 heteroatoms. The molecule has 1 saturated heterocycles. The normalized spacial score (nSPS) is 17.1. The highest BCUT2D eigenvalue weighted by molar-refractivity contribution is 7.18. The lowest BCUT2D eigenvalue weighted by molar-refractivity contribution is -0.130. The second-order valence-corrected chi connectivity index (χ2v) is 9.41. The highest BCUT2D eigenvalue weighted by atomic mass is 32.1. The van der Waals surface area contributed by atoms with Crippen LogP contribution in [0.4, 0.5) is 0 Å². The standard InChI is InChI=1S/C22H32N4O3S/c1-4-19(27)25-16(13-24-21(28)22(23)7-9-29-10-8-22)12-20-26-17-6-5-15(14(2)3)11-18(17)30-20/h5-6,11,14,16H,4,7-10,12-13,23H2,1-3H3,(H,24,28)(H,25,27)/t16-/m0/s1. The maximum atomic E-state index is 12.7. The summed E-state index contributed by atoms with van der Waals surface area (Å²) in [5.74, 6) is 0.221. The first-order chi connectivity index (χ1) is 14.3. The van der Waals surface area contributed by atoms with Crippen LogP contribution in [-0.4, -0.2) is 48.1 Å². The largest absolute Gasteiger partial charge is 0.381 e. The molecule has 2 amide bonds.